The molecule has 2 aromatic heterocycles. The van der Waals surface area contributed by atoms with E-state index in [0.29, 0.717) is 29.6 Å². The van der Waals surface area contributed by atoms with Gasteiger partial charge in [-0.3, -0.25) is 9.69 Å². The minimum Gasteiger partial charge on any atom is -0.497 e. The molecule has 28 heavy (non-hydrogen) atoms. The maximum absolute atomic E-state index is 12.9. The molecule has 0 aliphatic rings. The first kappa shape index (κ1) is 20.3. The van der Waals surface area contributed by atoms with Crippen LogP contribution in [0.15, 0.2) is 35.7 Å². The molecule has 8 heteroatoms. The molecule has 0 radical (unpaired) electrons. The molecule has 1 aromatic carbocycles. The maximum atomic E-state index is 12.9. The molecule has 2 heterocycles. The Morgan fingerprint density at radius 2 is 1.89 bits per heavy atom. The fourth-order valence-corrected chi connectivity index (χ4v) is 4.24. The molecule has 0 fully saturated rings. The number of unbranched alkanes of at least 4 members (excludes halogenated alkanes) is 1. The van der Waals surface area contributed by atoms with Crippen LogP contribution in [0.4, 0.5) is 5.13 Å². The van der Waals surface area contributed by atoms with Crippen molar-refractivity contribution >= 4 is 33.7 Å². The van der Waals surface area contributed by atoms with Crippen molar-refractivity contribution in [3.05, 3.63) is 40.6 Å². The highest BCUT2D eigenvalue weighted by Crippen LogP contribution is 2.34. The molecule has 148 valence electrons. The van der Waals surface area contributed by atoms with Gasteiger partial charge in [0.05, 0.1) is 20.6 Å². The van der Waals surface area contributed by atoms with Crippen molar-refractivity contribution in [2.45, 2.75) is 26.2 Å². The summed E-state index contributed by atoms with van der Waals surface area (Å²) in [5, 5.41) is 11.9. The van der Waals surface area contributed by atoms with Gasteiger partial charge in [-0.2, -0.15) is 0 Å². The monoisotopic (exact) mass is 417 g/mol. The lowest BCUT2D eigenvalue weighted by molar-refractivity contribution is -0.118. The van der Waals surface area contributed by atoms with E-state index in [2.05, 4.69) is 17.1 Å². The van der Waals surface area contributed by atoms with Crippen LogP contribution in [0.25, 0.3) is 10.6 Å². The van der Waals surface area contributed by atoms with E-state index in [4.69, 9.17) is 9.47 Å². The molecule has 0 unspecified atom stereocenters. The van der Waals surface area contributed by atoms with E-state index in [1.54, 1.807) is 30.5 Å². The topological polar surface area (TPSA) is 64.6 Å². The molecule has 3 aromatic rings. The first-order valence-electron chi connectivity index (χ1n) is 9.04. The predicted molar refractivity (Wildman–Crippen MR) is 114 cm³/mol. The molecule has 0 spiro atoms. The lowest BCUT2D eigenvalue weighted by Crippen LogP contribution is -2.33. The van der Waals surface area contributed by atoms with E-state index in [9.17, 15) is 4.79 Å². The van der Waals surface area contributed by atoms with Gasteiger partial charge < -0.3 is 9.47 Å². The fourth-order valence-electron chi connectivity index (χ4n) is 2.67. The van der Waals surface area contributed by atoms with E-state index >= 15 is 0 Å². The second-order valence-corrected chi connectivity index (χ2v) is 8.13. The zero-order chi connectivity index (χ0) is 19.9. The highest BCUT2D eigenvalue weighted by molar-refractivity contribution is 7.18. The molecule has 6 nitrogen and oxygen atoms in total. The molecule has 0 aliphatic carbocycles. The first-order valence-corrected chi connectivity index (χ1v) is 10.7. The Kier molecular flexibility index (Phi) is 7.00. The van der Waals surface area contributed by atoms with E-state index < -0.39 is 0 Å². The summed E-state index contributed by atoms with van der Waals surface area (Å²) in [7, 11) is 3.22. The summed E-state index contributed by atoms with van der Waals surface area (Å²) >= 11 is 2.99. The second-order valence-electron chi connectivity index (χ2n) is 6.15. The highest BCUT2D eigenvalue weighted by Gasteiger charge is 2.21. The van der Waals surface area contributed by atoms with Gasteiger partial charge in [-0.1, -0.05) is 30.7 Å². The minimum absolute atomic E-state index is 0.0434. The van der Waals surface area contributed by atoms with Crippen molar-refractivity contribution in [2.75, 3.05) is 25.7 Å². The van der Waals surface area contributed by atoms with Gasteiger partial charge >= 0.3 is 0 Å². The largest absolute Gasteiger partial charge is 0.497 e. The quantitative estimate of drug-likeness (QED) is 0.507. The number of benzene rings is 1. The first-order chi connectivity index (χ1) is 13.6. The lowest BCUT2D eigenvalue weighted by atomic mass is 10.2. The van der Waals surface area contributed by atoms with Gasteiger partial charge in [0, 0.05) is 23.1 Å². The zero-order valence-electron chi connectivity index (χ0n) is 16.2. The Hall–Kier alpha value is -2.45. The number of nitrogens with zero attached hydrogens (tertiary/aromatic N) is 3. The van der Waals surface area contributed by atoms with Crippen LogP contribution in [0.2, 0.25) is 0 Å². The number of amides is 1. The minimum atomic E-state index is 0.0434. The Bertz CT molecular complexity index is 887. The summed E-state index contributed by atoms with van der Waals surface area (Å²) in [5.74, 6) is 1.41. The van der Waals surface area contributed by atoms with Crippen LogP contribution in [-0.4, -0.2) is 36.9 Å². The summed E-state index contributed by atoms with van der Waals surface area (Å²) in [6, 6.07) is 9.52. The van der Waals surface area contributed by atoms with Crippen LogP contribution in [-0.2, 0) is 11.2 Å². The number of aromatic nitrogens is 2. The van der Waals surface area contributed by atoms with Crippen molar-refractivity contribution in [3.8, 4) is 22.1 Å². The van der Waals surface area contributed by atoms with Crippen LogP contribution in [0.1, 0.15) is 24.6 Å². The highest BCUT2D eigenvalue weighted by atomic mass is 32.1. The number of thiophene rings is 1. The van der Waals surface area contributed by atoms with E-state index in [1.807, 2.05) is 35.7 Å². The summed E-state index contributed by atoms with van der Waals surface area (Å²) in [6.45, 7) is 2.74. The van der Waals surface area contributed by atoms with Crippen LogP contribution >= 0.6 is 22.7 Å². The Labute approximate surface area is 172 Å². The van der Waals surface area contributed by atoms with E-state index in [1.165, 1.54) is 11.3 Å². The van der Waals surface area contributed by atoms with Crippen molar-refractivity contribution in [3.63, 3.8) is 0 Å². The molecule has 0 bridgehead atoms. The summed E-state index contributed by atoms with van der Waals surface area (Å²) in [6.07, 6.45) is 2.29. The fraction of sp³-hybridized carbons (Fsp3) is 0.350. The number of carbonyl (C=O) groups is 1. The molecule has 0 atom stereocenters. The van der Waals surface area contributed by atoms with Crippen LogP contribution in [0, 0.1) is 0 Å². The van der Waals surface area contributed by atoms with Crippen LogP contribution in [0.5, 0.6) is 11.5 Å². The standard InChI is InChI=1S/C20H23N3O3S2/c1-4-5-8-23(18(24)13-17-7-6-9-27-17)20-22-21-19(28-20)14-10-15(25-2)12-16(11-14)26-3/h6-7,9-12H,4-5,8,13H2,1-3H3. The van der Waals surface area contributed by atoms with Gasteiger partial charge in [-0.25, -0.2) is 0 Å². The van der Waals surface area contributed by atoms with Gasteiger partial charge in [0.15, 0.2) is 0 Å². The molecular formula is C20H23N3O3S2. The molecule has 0 aliphatic heterocycles. The van der Waals surface area contributed by atoms with Gasteiger partial charge in [0.25, 0.3) is 0 Å². The van der Waals surface area contributed by atoms with Gasteiger partial charge in [0.2, 0.25) is 11.0 Å². The molecule has 3 rings (SSSR count). The second kappa shape index (κ2) is 9.66. The maximum Gasteiger partial charge on any atom is 0.234 e. The number of hydrogen-bond donors (Lipinski definition) is 0. The number of methoxy groups -OCH3 is 2. The van der Waals surface area contributed by atoms with Crippen LogP contribution < -0.4 is 14.4 Å². The molecular weight excluding hydrogens is 394 g/mol. The number of hydrogen-bond acceptors (Lipinski definition) is 7. The number of anilines is 1. The summed E-state index contributed by atoms with van der Waals surface area (Å²) < 4.78 is 10.7. The smallest absolute Gasteiger partial charge is 0.234 e. The van der Waals surface area contributed by atoms with Gasteiger partial charge in [0.1, 0.15) is 16.5 Å². The van der Waals surface area contributed by atoms with Crippen molar-refractivity contribution in [1.82, 2.24) is 10.2 Å². The van der Waals surface area contributed by atoms with Crippen LogP contribution in [0.3, 0.4) is 0 Å². The third kappa shape index (κ3) is 4.88. The predicted octanol–water partition coefficient (Wildman–Crippen LogP) is 4.66. The normalized spacial score (nSPS) is 10.7. The number of ether oxygens (including phenoxy) is 2. The van der Waals surface area contributed by atoms with Crippen molar-refractivity contribution in [2.24, 2.45) is 0 Å². The average molecular weight is 418 g/mol. The Morgan fingerprint density at radius 1 is 1.14 bits per heavy atom. The van der Waals surface area contributed by atoms with E-state index in [-0.39, 0.29) is 5.91 Å². The third-order valence-corrected chi connectivity index (χ3v) is 6.06. The average Bonchev–Trinajstić information content (AvgIpc) is 3.40. The summed E-state index contributed by atoms with van der Waals surface area (Å²) in [5.41, 5.74) is 0.848. The zero-order valence-corrected chi connectivity index (χ0v) is 17.8. The van der Waals surface area contributed by atoms with Gasteiger partial charge in [-0.15, -0.1) is 21.5 Å². The number of carbonyl (C=O) groups excluding carboxylic acids is 1. The molecule has 0 saturated heterocycles. The SMILES string of the molecule is CCCCN(C(=O)Cc1cccs1)c1nnc(-c2cc(OC)cc(OC)c2)s1. The molecule has 0 N–H and O–H groups in total. The lowest BCUT2D eigenvalue weighted by Gasteiger charge is -2.18. The molecule has 0 saturated carbocycles. The van der Waals surface area contributed by atoms with Crippen molar-refractivity contribution in [1.29, 1.82) is 0 Å². The molecule has 1 amide bonds. The van der Waals surface area contributed by atoms with E-state index in [0.717, 1.165) is 28.3 Å². The third-order valence-electron chi connectivity index (χ3n) is 4.19. The Balaban J connectivity index is 1.86. The number of rotatable bonds is 9. The van der Waals surface area contributed by atoms with Crippen molar-refractivity contribution < 1.29 is 14.3 Å². The van der Waals surface area contributed by atoms with Gasteiger partial charge in [-0.05, 0) is 30.0 Å². The Morgan fingerprint density at radius 3 is 2.50 bits per heavy atom. The summed E-state index contributed by atoms with van der Waals surface area (Å²) in [4.78, 5) is 15.7.